The van der Waals surface area contributed by atoms with E-state index in [-0.39, 0.29) is 5.91 Å². The molecule has 4 rings (SSSR count). The summed E-state index contributed by atoms with van der Waals surface area (Å²) in [4.78, 5) is 12.8. The molecule has 0 saturated carbocycles. The number of fused-ring (bicyclic) bond motifs is 2. The summed E-state index contributed by atoms with van der Waals surface area (Å²) in [5, 5.41) is 15.5. The number of carbonyl (C=O) groups is 1. The number of rotatable bonds is 4. The van der Waals surface area contributed by atoms with Gasteiger partial charge in [0.1, 0.15) is 5.82 Å². The fourth-order valence-corrected chi connectivity index (χ4v) is 3.93. The molecule has 3 aromatic rings. The second-order valence-corrected chi connectivity index (χ2v) is 6.91. The van der Waals surface area contributed by atoms with E-state index in [1.165, 1.54) is 11.1 Å². The quantitative estimate of drug-likeness (QED) is 0.671. The number of nitrogens with zero attached hydrogens (tertiary/aromatic N) is 3. The van der Waals surface area contributed by atoms with Gasteiger partial charge in [-0.1, -0.05) is 13.0 Å². The Morgan fingerprint density at radius 1 is 1.46 bits per heavy atom. The second-order valence-electron chi connectivity index (χ2n) is 6.91. The maximum Gasteiger partial charge on any atom is 0.256 e. The van der Waals surface area contributed by atoms with E-state index in [1.807, 2.05) is 26.1 Å². The smallest absolute Gasteiger partial charge is 0.256 e. The first-order chi connectivity index (χ1) is 12.6. The van der Waals surface area contributed by atoms with Gasteiger partial charge in [-0.05, 0) is 61.4 Å². The first kappa shape index (κ1) is 16.8. The molecule has 4 N–H and O–H groups in total. The van der Waals surface area contributed by atoms with Gasteiger partial charge < -0.3 is 11.1 Å². The van der Waals surface area contributed by atoms with Gasteiger partial charge in [-0.2, -0.15) is 10.2 Å². The van der Waals surface area contributed by atoms with Crippen molar-refractivity contribution in [1.29, 1.82) is 0 Å². The Kier molecular flexibility index (Phi) is 4.24. The Hall–Kier alpha value is -2.67. The van der Waals surface area contributed by atoms with Gasteiger partial charge in [0, 0.05) is 12.6 Å². The summed E-state index contributed by atoms with van der Waals surface area (Å²) in [6, 6.07) is 5.96. The van der Waals surface area contributed by atoms with Gasteiger partial charge in [-0.15, -0.1) is 0 Å². The van der Waals surface area contributed by atoms with Gasteiger partial charge in [-0.25, -0.2) is 4.68 Å². The number of carbonyl (C=O) groups excluding carboxylic acids is 1. The molecule has 0 aliphatic heterocycles. The van der Waals surface area contributed by atoms with E-state index in [9.17, 15) is 4.79 Å². The standard InChI is InChI=1S/C19H24N6O/c1-3-15-16-17(22-23-18(16)25(2)24-15)21-19(26)12-8-7-11-5-4-6-13(10-20)14(11)9-12/h7-9,13H,3-6,10,20H2,1-2H3,(H2,21,22,23,26). The zero-order valence-corrected chi connectivity index (χ0v) is 15.2. The van der Waals surface area contributed by atoms with Crippen molar-refractivity contribution in [3.05, 3.63) is 40.6 Å². The zero-order valence-electron chi connectivity index (χ0n) is 15.2. The number of anilines is 1. The third kappa shape index (κ3) is 2.68. The third-order valence-electron chi connectivity index (χ3n) is 5.32. The van der Waals surface area contributed by atoms with Crippen molar-refractivity contribution in [2.75, 3.05) is 11.9 Å². The number of aromatic amines is 1. The lowest BCUT2D eigenvalue weighted by Gasteiger charge is -2.24. The number of aromatic nitrogens is 4. The largest absolute Gasteiger partial charge is 0.330 e. The monoisotopic (exact) mass is 352 g/mol. The minimum atomic E-state index is -0.148. The molecule has 1 amide bonds. The molecule has 0 spiro atoms. The van der Waals surface area contributed by atoms with Crippen LogP contribution in [0, 0.1) is 0 Å². The highest BCUT2D eigenvalue weighted by atomic mass is 16.1. The van der Waals surface area contributed by atoms with Gasteiger partial charge >= 0.3 is 0 Å². The topological polar surface area (TPSA) is 102 Å². The van der Waals surface area contributed by atoms with E-state index in [0.717, 1.165) is 42.4 Å². The van der Waals surface area contributed by atoms with Crippen LogP contribution in [-0.4, -0.2) is 32.4 Å². The van der Waals surface area contributed by atoms with Gasteiger partial charge in [0.25, 0.3) is 5.91 Å². The lowest BCUT2D eigenvalue weighted by atomic mass is 9.82. The molecule has 1 aliphatic rings. The predicted molar refractivity (Wildman–Crippen MR) is 101 cm³/mol. The van der Waals surface area contributed by atoms with Crippen molar-refractivity contribution < 1.29 is 4.79 Å². The Bertz CT molecular complexity index is 970. The van der Waals surface area contributed by atoms with E-state index in [4.69, 9.17) is 5.73 Å². The Balaban J connectivity index is 1.65. The molecule has 7 heteroatoms. The van der Waals surface area contributed by atoms with Crippen LogP contribution in [0.15, 0.2) is 18.2 Å². The van der Waals surface area contributed by atoms with Crippen LogP contribution in [0.5, 0.6) is 0 Å². The number of hydrogen-bond acceptors (Lipinski definition) is 4. The van der Waals surface area contributed by atoms with Crippen LogP contribution in [0.25, 0.3) is 11.0 Å². The van der Waals surface area contributed by atoms with E-state index in [1.54, 1.807) is 4.68 Å². The van der Waals surface area contributed by atoms with Crippen molar-refractivity contribution in [3.63, 3.8) is 0 Å². The molecule has 1 unspecified atom stereocenters. The summed E-state index contributed by atoms with van der Waals surface area (Å²) in [5.74, 6) is 0.795. The van der Waals surface area contributed by atoms with Crippen LogP contribution in [0.2, 0.25) is 0 Å². The van der Waals surface area contributed by atoms with Gasteiger partial charge in [-0.3, -0.25) is 9.89 Å². The molecule has 7 nitrogen and oxygen atoms in total. The fourth-order valence-electron chi connectivity index (χ4n) is 3.93. The SMILES string of the molecule is CCc1nn(C)c2n[nH]c(NC(=O)c3ccc4c(c3)C(CN)CCC4)c12. The normalized spacial score (nSPS) is 16.7. The summed E-state index contributed by atoms with van der Waals surface area (Å²) in [6.45, 7) is 2.66. The van der Waals surface area contributed by atoms with Crippen LogP contribution < -0.4 is 11.1 Å². The van der Waals surface area contributed by atoms with Crippen LogP contribution in [0.4, 0.5) is 5.82 Å². The van der Waals surface area contributed by atoms with Crippen molar-refractivity contribution in [2.45, 2.75) is 38.5 Å². The number of aryl methyl sites for hydroxylation is 3. The van der Waals surface area contributed by atoms with Gasteiger partial charge in [0.2, 0.25) is 0 Å². The van der Waals surface area contributed by atoms with Crippen molar-refractivity contribution in [1.82, 2.24) is 20.0 Å². The summed E-state index contributed by atoms with van der Waals surface area (Å²) >= 11 is 0. The molecule has 2 aromatic heterocycles. The molecule has 0 radical (unpaired) electrons. The van der Waals surface area contributed by atoms with Crippen LogP contribution in [0.1, 0.15) is 52.9 Å². The number of amides is 1. The molecule has 0 bridgehead atoms. The lowest BCUT2D eigenvalue weighted by molar-refractivity contribution is 0.102. The minimum Gasteiger partial charge on any atom is -0.330 e. The highest BCUT2D eigenvalue weighted by Gasteiger charge is 2.22. The molecular formula is C19H24N6O. The molecule has 1 atom stereocenters. The maximum atomic E-state index is 12.8. The minimum absolute atomic E-state index is 0.148. The van der Waals surface area contributed by atoms with Gasteiger partial charge in [0.05, 0.1) is 11.1 Å². The lowest BCUT2D eigenvalue weighted by Crippen LogP contribution is -2.20. The Morgan fingerprint density at radius 2 is 2.31 bits per heavy atom. The fraction of sp³-hybridized carbons (Fsp3) is 0.421. The average Bonchev–Trinajstić information content (AvgIpc) is 3.22. The van der Waals surface area contributed by atoms with Crippen LogP contribution in [0.3, 0.4) is 0 Å². The zero-order chi connectivity index (χ0) is 18.3. The average molecular weight is 352 g/mol. The van der Waals surface area contributed by atoms with E-state index >= 15 is 0 Å². The summed E-state index contributed by atoms with van der Waals surface area (Å²) < 4.78 is 1.73. The second kappa shape index (κ2) is 6.57. The molecule has 1 aromatic carbocycles. The van der Waals surface area contributed by atoms with Crippen molar-refractivity contribution in [2.24, 2.45) is 12.8 Å². The van der Waals surface area contributed by atoms with Crippen molar-refractivity contribution >= 4 is 22.8 Å². The Labute approximate surface area is 152 Å². The predicted octanol–water partition coefficient (Wildman–Crippen LogP) is 2.49. The molecule has 136 valence electrons. The first-order valence-corrected chi connectivity index (χ1v) is 9.16. The van der Waals surface area contributed by atoms with Crippen molar-refractivity contribution in [3.8, 4) is 0 Å². The number of H-pyrrole nitrogens is 1. The summed E-state index contributed by atoms with van der Waals surface area (Å²) in [7, 11) is 1.85. The molecule has 0 fully saturated rings. The summed E-state index contributed by atoms with van der Waals surface area (Å²) in [5.41, 5.74) is 10.8. The number of nitrogens with two attached hydrogens (primary N) is 1. The molecule has 0 saturated heterocycles. The van der Waals surface area contributed by atoms with E-state index < -0.39 is 0 Å². The molecule has 1 aliphatic carbocycles. The third-order valence-corrected chi connectivity index (χ3v) is 5.32. The maximum absolute atomic E-state index is 12.8. The van der Waals surface area contributed by atoms with Crippen LogP contribution >= 0.6 is 0 Å². The van der Waals surface area contributed by atoms with E-state index in [0.29, 0.717) is 23.8 Å². The number of nitrogens with one attached hydrogen (secondary N) is 2. The van der Waals surface area contributed by atoms with E-state index in [2.05, 4.69) is 26.7 Å². The number of hydrogen-bond donors (Lipinski definition) is 3. The van der Waals surface area contributed by atoms with Gasteiger partial charge in [0.15, 0.2) is 5.65 Å². The molecule has 2 heterocycles. The highest BCUT2D eigenvalue weighted by Crippen LogP contribution is 2.32. The number of benzene rings is 1. The van der Waals surface area contributed by atoms with Crippen LogP contribution in [-0.2, 0) is 19.9 Å². The molecular weight excluding hydrogens is 328 g/mol. The Morgan fingerprint density at radius 3 is 3.08 bits per heavy atom. The summed E-state index contributed by atoms with van der Waals surface area (Å²) in [6.07, 6.45) is 4.08. The highest BCUT2D eigenvalue weighted by molar-refractivity contribution is 6.08. The molecule has 26 heavy (non-hydrogen) atoms. The first-order valence-electron chi connectivity index (χ1n) is 9.16.